The summed E-state index contributed by atoms with van der Waals surface area (Å²) in [5, 5.41) is 0. The van der Waals surface area contributed by atoms with Gasteiger partial charge in [-0.25, -0.2) is 9.97 Å². The molecule has 0 radical (unpaired) electrons. The number of hydrogen-bond donors (Lipinski definition) is 0. The van der Waals surface area contributed by atoms with Crippen molar-refractivity contribution in [2.45, 2.75) is 26.7 Å². The molecule has 3 aromatic rings. The maximum Gasteiger partial charge on any atom is 0.178 e. The van der Waals surface area contributed by atoms with Crippen molar-refractivity contribution in [2.75, 3.05) is 16.5 Å². The molecule has 0 aliphatic carbocycles. The van der Waals surface area contributed by atoms with E-state index < -0.39 is 0 Å². The van der Waals surface area contributed by atoms with E-state index in [4.69, 9.17) is 0 Å². The number of anilines is 4. The molecule has 1 aliphatic rings. The third-order valence-corrected chi connectivity index (χ3v) is 4.72. The van der Waals surface area contributed by atoms with Crippen LogP contribution in [0.2, 0.25) is 0 Å². The Labute approximate surface area is 148 Å². The fourth-order valence-corrected chi connectivity index (χ4v) is 3.28. The molecule has 0 N–H and O–H groups in total. The van der Waals surface area contributed by atoms with Crippen molar-refractivity contribution in [3.8, 4) is 0 Å². The van der Waals surface area contributed by atoms with Crippen LogP contribution >= 0.6 is 0 Å². The summed E-state index contributed by atoms with van der Waals surface area (Å²) < 4.78 is 0. The average Bonchev–Trinajstić information content (AvgIpc) is 3.08. The predicted octanol–water partition coefficient (Wildman–Crippen LogP) is 4.85. The zero-order valence-electron chi connectivity index (χ0n) is 14.7. The highest BCUT2D eigenvalue weighted by Gasteiger charge is 2.30. The van der Waals surface area contributed by atoms with E-state index in [1.165, 1.54) is 11.1 Å². The van der Waals surface area contributed by atoms with E-state index in [2.05, 4.69) is 82.1 Å². The normalized spacial score (nSPS) is 13.2. The Balaban J connectivity index is 1.77. The summed E-state index contributed by atoms with van der Waals surface area (Å²) in [5.74, 6) is 1.83. The first-order valence-corrected chi connectivity index (χ1v) is 8.84. The minimum absolute atomic E-state index is 0.722. The van der Waals surface area contributed by atoms with E-state index in [0.29, 0.717) is 0 Å². The minimum Gasteiger partial charge on any atom is -0.305 e. The Kier molecular flexibility index (Phi) is 4.10. The van der Waals surface area contributed by atoms with Crippen molar-refractivity contribution in [1.82, 2.24) is 9.97 Å². The van der Waals surface area contributed by atoms with Crippen LogP contribution in [0.3, 0.4) is 0 Å². The third-order valence-electron chi connectivity index (χ3n) is 4.72. The number of aromatic nitrogens is 2. The summed E-state index contributed by atoms with van der Waals surface area (Å²) >= 11 is 0. The van der Waals surface area contributed by atoms with Crippen molar-refractivity contribution in [3.63, 3.8) is 0 Å². The van der Waals surface area contributed by atoms with Crippen LogP contribution in [0.4, 0.5) is 23.0 Å². The molecule has 2 aromatic carbocycles. The maximum atomic E-state index is 4.61. The largest absolute Gasteiger partial charge is 0.305 e. The molecule has 2 heterocycles. The van der Waals surface area contributed by atoms with Crippen LogP contribution in [0.5, 0.6) is 0 Å². The van der Waals surface area contributed by atoms with E-state index in [0.717, 1.165) is 42.5 Å². The number of benzene rings is 2. The highest BCUT2D eigenvalue weighted by atomic mass is 15.4. The first kappa shape index (κ1) is 15.6. The van der Waals surface area contributed by atoms with Gasteiger partial charge in [-0.1, -0.05) is 38.1 Å². The second kappa shape index (κ2) is 6.55. The SMILES string of the molecule is CCc1cccc(N2CN(c3cccc(CC)c3)c3nccnc32)c1. The van der Waals surface area contributed by atoms with E-state index in [1.807, 2.05) is 0 Å². The number of hydrogen-bond acceptors (Lipinski definition) is 4. The summed E-state index contributed by atoms with van der Waals surface area (Å²) in [5.41, 5.74) is 4.98. The molecule has 1 aromatic heterocycles. The van der Waals surface area contributed by atoms with Crippen molar-refractivity contribution in [1.29, 1.82) is 0 Å². The van der Waals surface area contributed by atoms with E-state index in [-0.39, 0.29) is 0 Å². The average molecular weight is 330 g/mol. The molecule has 0 saturated heterocycles. The lowest BCUT2D eigenvalue weighted by Gasteiger charge is -2.21. The van der Waals surface area contributed by atoms with Crippen LogP contribution < -0.4 is 9.80 Å². The monoisotopic (exact) mass is 330 g/mol. The van der Waals surface area contributed by atoms with Crippen LogP contribution in [-0.2, 0) is 12.8 Å². The lowest BCUT2D eigenvalue weighted by molar-refractivity contribution is 0.970. The zero-order chi connectivity index (χ0) is 17.2. The van der Waals surface area contributed by atoms with Gasteiger partial charge in [-0.2, -0.15) is 0 Å². The van der Waals surface area contributed by atoms with Gasteiger partial charge in [0, 0.05) is 23.8 Å². The van der Waals surface area contributed by atoms with Crippen LogP contribution in [0.1, 0.15) is 25.0 Å². The number of aryl methyl sites for hydroxylation is 2. The Bertz CT molecular complexity index is 818. The van der Waals surface area contributed by atoms with Gasteiger partial charge >= 0.3 is 0 Å². The molecule has 4 heteroatoms. The Hall–Kier alpha value is -2.88. The van der Waals surface area contributed by atoms with Gasteiger partial charge in [0.1, 0.15) is 6.67 Å². The Morgan fingerprint density at radius 2 is 1.24 bits per heavy atom. The molecule has 0 amide bonds. The standard InChI is InChI=1S/C21H22N4/c1-3-16-7-5-9-18(13-16)24-15-25(21-20(24)22-11-12-23-21)19-10-6-8-17(4-2)14-19/h5-14H,3-4,15H2,1-2H3. The topological polar surface area (TPSA) is 32.3 Å². The van der Waals surface area contributed by atoms with Gasteiger partial charge in [0.05, 0.1) is 0 Å². The molecule has 0 atom stereocenters. The van der Waals surface area contributed by atoms with E-state index in [1.54, 1.807) is 12.4 Å². The van der Waals surface area contributed by atoms with Crippen LogP contribution in [-0.4, -0.2) is 16.6 Å². The summed E-state index contributed by atoms with van der Waals surface area (Å²) in [6.07, 6.45) is 5.58. The summed E-state index contributed by atoms with van der Waals surface area (Å²) in [7, 11) is 0. The smallest absolute Gasteiger partial charge is 0.178 e. The lowest BCUT2D eigenvalue weighted by atomic mass is 10.1. The van der Waals surface area contributed by atoms with Crippen molar-refractivity contribution >= 4 is 23.0 Å². The van der Waals surface area contributed by atoms with Gasteiger partial charge in [0.2, 0.25) is 0 Å². The zero-order valence-corrected chi connectivity index (χ0v) is 14.7. The van der Waals surface area contributed by atoms with Gasteiger partial charge in [-0.3, -0.25) is 0 Å². The predicted molar refractivity (Wildman–Crippen MR) is 103 cm³/mol. The molecule has 0 fully saturated rings. The van der Waals surface area contributed by atoms with Crippen LogP contribution in [0.15, 0.2) is 60.9 Å². The Morgan fingerprint density at radius 1 is 0.760 bits per heavy atom. The minimum atomic E-state index is 0.722. The summed E-state index contributed by atoms with van der Waals surface area (Å²) in [4.78, 5) is 13.7. The molecule has 0 bridgehead atoms. The van der Waals surface area contributed by atoms with Crippen molar-refractivity contribution < 1.29 is 0 Å². The fourth-order valence-electron chi connectivity index (χ4n) is 3.28. The third kappa shape index (κ3) is 2.84. The van der Waals surface area contributed by atoms with Gasteiger partial charge in [-0.05, 0) is 48.2 Å². The fraction of sp³-hybridized carbons (Fsp3) is 0.238. The number of rotatable bonds is 4. The summed E-state index contributed by atoms with van der Waals surface area (Å²) in [6.45, 7) is 5.08. The lowest BCUT2D eigenvalue weighted by Crippen LogP contribution is -2.24. The van der Waals surface area contributed by atoms with Gasteiger partial charge in [0.15, 0.2) is 11.6 Å². The second-order valence-electron chi connectivity index (χ2n) is 6.25. The highest BCUT2D eigenvalue weighted by Crippen LogP contribution is 2.41. The Morgan fingerprint density at radius 3 is 1.68 bits per heavy atom. The van der Waals surface area contributed by atoms with Crippen LogP contribution in [0, 0.1) is 0 Å². The molecule has 1 aliphatic heterocycles. The van der Waals surface area contributed by atoms with Gasteiger partial charge < -0.3 is 9.80 Å². The van der Waals surface area contributed by atoms with E-state index in [9.17, 15) is 0 Å². The van der Waals surface area contributed by atoms with Crippen LogP contribution in [0.25, 0.3) is 0 Å². The molecule has 25 heavy (non-hydrogen) atoms. The quantitative estimate of drug-likeness (QED) is 0.684. The first-order chi connectivity index (χ1) is 12.3. The molecule has 0 saturated carbocycles. The highest BCUT2D eigenvalue weighted by molar-refractivity contribution is 5.81. The molecule has 0 spiro atoms. The van der Waals surface area contributed by atoms with Crippen molar-refractivity contribution in [3.05, 3.63) is 72.1 Å². The van der Waals surface area contributed by atoms with Gasteiger partial charge in [-0.15, -0.1) is 0 Å². The number of fused-ring (bicyclic) bond motifs is 1. The molecular formula is C21H22N4. The molecule has 4 rings (SSSR count). The maximum absolute atomic E-state index is 4.61. The second-order valence-corrected chi connectivity index (χ2v) is 6.25. The summed E-state index contributed by atoms with van der Waals surface area (Å²) in [6, 6.07) is 17.3. The number of nitrogens with zero attached hydrogens (tertiary/aromatic N) is 4. The molecule has 126 valence electrons. The van der Waals surface area contributed by atoms with E-state index >= 15 is 0 Å². The molecule has 0 unspecified atom stereocenters. The van der Waals surface area contributed by atoms with Crippen molar-refractivity contribution in [2.24, 2.45) is 0 Å². The first-order valence-electron chi connectivity index (χ1n) is 8.84. The molecule has 4 nitrogen and oxygen atoms in total. The molecular weight excluding hydrogens is 308 g/mol. The van der Waals surface area contributed by atoms with Gasteiger partial charge in [0.25, 0.3) is 0 Å².